The van der Waals surface area contributed by atoms with Crippen molar-refractivity contribution in [2.45, 2.75) is 31.7 Å². The summed E-state index contributed by atoms with van der Waals surface area (Å²) in [6.45, 7) is 1.71. The summed E-state index contributed by atoms with van der Waals surface area (Å²) in [6, 6.07) is 7.22. The molecular weight excluding hydrogens is 410 g/mol. The molecule has 29 heavy (non-hydrogen) atoms. The molecule has 4 rings (SSSR count). The number of hydrogen-bond acceptors (Lipinski definition) is 5. The van der Waals surface area contributed by atoms with Crippen molar-refractivity contribution >= 4 is 27.8 Å². The summed E-state index contributed by atoms with van der Waals surface area (Å²) >= 11 is 6.21. The first kappa shape index (κ1) is 20.5. The molecule has 0 spiro atoms. The summed E-state index contributed by atoms with van der Waals surface area (Å²) in [5, 5.41) is 0.623. The molecule has 3 heterocycles. The van der Waals surface area contributed by atoms with E-state index in [1.807, 2.05) is 43.3 Å². The van der Waals surface area contributed by atoms with Crippen LogP contribution in [-0.4, -0.2) is 60.7 Å². The predicted molar refractivity (Wildman–Crippen MR) is 115 cm³/mol. The summed E-state index contributed by atoms with van der Waals surface area (Å²) in [5.41, 5.74) is 2.46. The summed E-state index contributed by atoms with van der Waals surface area (Å²) in [6.07, 6.45) is 5.18. The summed E-state index contributed by atoms with van der Waals surface area (Å²) < 4.78 is 29.9. The Labute approximate surface area is 177 Å². The second-order valence-electron chi connectivity index (χ2n) is 7.76. The molecule has 7 nitrogen and oxygen atoms in total. The van der Waals surface area contributed by atoms with Gasteiger partial charge in [-0.3, -0.25) is 0 Å². The van der Waals surface area contributed by atoms with Crippen molar-refractivity contribution < 1.29 is 8.42 Å². The Kier molecular flexibility index (Phi) is 5.79. The van der Waals surface area contributed by atoms with Gasteiger partial charge in [0.25, 0.3) is 10.2 Å². The maximum atomic E-state index is 13.3. The second kappa shape index (κ2) is 8.18. The largest absolute Gasteiger partial charge is 0.347 e. The normalized spacial score (nSPS) is 21.0. The van der Waals surface area contributed by atoms with Gasteiger partial charge in [-0.15, -0.1) is 0 Å². The molecule has 2 aliphatic rings. The van der Waals surface area contributed by atoms with E-state index in [0.29, 0.717) is 30.6 Å². The lowest BCUT2D eigenvalue weighted by molar-refractivity contribution is 0.345. The quantitative estimate of drug-likeness (QED) is 0.720. The van der Waals surface area contributed by atoms with Crippen LogP contribution in [0.3, 0.4) is 0 Å². The van der Waals surface area contributed by atoms with Gasteiger partial charge in [-0.25, -0.2) is 9.97 Å². The Morgan fingerprint density at radius 3 is 2.59 bits per heavy atom. The Bertz CT molecular complexity index is 992. The maximum Gasteiger partial charge on any atom is 0.282 e. The zero-order valence-corrected chi connectivity index (χ0v) is 18.3. The number of nitrogens with zero attached hydrogens (tertiary/aromatic N) is 5. The van der Waals surface area contributed by atoms with Crippen molar-refractivity contribution in [2.24, 2.45) is 0 Å². The van der Waals surface area contributed by atoms with Crippen LogP contribution in [0.4, 0.5) is 5.95 Å². The van der Waals surface area contributed by atoms with E-state index in [9.17, 15) is 8.42 Å². The average molecular weight is 436 g/mol. The SMILES string of the molecule is CN(C)c1ncc(-c2cccc(Cl)c2)c([C@H]2CCCN2S(=O)(=O)N2CCCC2)n1. The van der Waals surface area contributed by atoms with Crippen LogP contribution in [0, 0.1) is 0 Å². The zero-order valence-electron chi connectivity index (χ0n) is 16.8. The van der Waals surface area contributed by atoms with Crippen LogP contribution in [0.2, 0.25) is 5.02 Å². The summed E-state index contributed by atoms with van der Waals surface area (Å²) in [5.74, 6) is 0.566. The van der Waals surface area contributed by atoms with Gasteiger partial charge in [-0.2, -0.15) is 17.0 Å². The topological polar surface area (TPSA) is 69.6 Å². The van der Waals surface area contributed by atoms with Crippen molar-refractivity contribution in [2.75, 3.05) is 38.6 Å². The Morgan fingerprint density at radius 2 is 1.90 bits per heavy atom. The minimum absolute atomic E-state index is 0.309. The summed E-state index contributed by atoms with van der Waals surface area (Å²) in [7, 11) is 0.252. The fourth-order valence-corrected chi connectivity index (χ4v) is 6.18. The molecule has 0 amide bonds. The van der Waals surface area contributed by atoms with Crippen molar-refractivity contribution in [3.63, 3.8) is 0 Å². The minimum atomic E-state index is -3.51. The van der Waals surface area contributed by atoms with Crippen LogP contribution in [0.15, 0.2) is 30.5 Å². The molecule has 1 aromatic heterocycles. The molecule has 2 saturated heterocycles. The van der Waals surface area contributed by atoms with Gasteiger partial charge < -0.3 is 4.90 Å². The second-order valence-corrected chi connectivity index (χ2v) is 10.1. The predicted octanol–water partition coefficient (Wildman–Crippen LogP) is 3.34. The third-order valence-electron chi connectivity index (χ3n) is 5.55. The molecule has 9 heteroatoms. The van der Waals surface area contributed by atoms with Crippen molar-refractivity contribution in [1.29, 1.82) is 0 Å². The molecule has 0 unspecified atom stereocenters. The van der Waals surface area contributed by atoms with Crippen molar-refractivity contribution in [1.82, 2.24) is 18.6 Å². The standard InChI is InChI=1S/C20H26ClN5O2S/c1-24(2)20-22-14-17(15-7-5-8-16(21)13-15)19(23-20)18-9-6-12-26(18)29(27,28)25-10-3-4-11-25/h5,7-8,13-14,18H,3-4,6,9-12H2,1-2H3/t18-/m1/s1. The average Bonchev–Trinajstić information content (AvgIpc) is 3.40. The van der Waals surface area contributed by atoms with E-state index in [1.165, 1.54) is 0 Å². The molecule has 156 valence electrons. The number of halogens is 1. The van der Waals surface area contributed by atoms with E-state index < -0.39 is 10.2 Å². The highest BCUT2D eigenvalue weighted by molar-refractivity contribution is 7.86. The van der Waals surface area contributed by atoms with E-state index in [1.54, 1.807) is 14.8 Å². The van der Waals surface area contributed by atoms with Crippen LogP contribution in [0.1, 0.15) is 37.4 Å². The molecule has 0 bridgehead atoms. The van der Waals surface area contributed by atoms with Gasteiger partial charge in [-0.1, -0.05) is 23.7 Å². The number of anilines is 1. The molecule has 2 fully saturated rings. The number of benzene rings is 1. The van der Waals surface area contributed by atoms with E-state index >= 15 is 0 Å². The van der Waals surface area contributed by atoms with Crippen molar-refractivity contribution in [3.8, 4) is 11.1 Å². The van der Waals surface area contributed by atoms with Gasteiger partial charge in [0.1, 0.15) is 0 Å². The van der Waals surface area contributed by atoms with Crippen molar-refractivity contribution in [3.05, 3.63) is 41.2 Å². The zero-order chi connectivity index (χ0) is 20.6. The van der Waals surface area contributed by atoms with Crippen LogP contribution in [0.25, 0.3) is 11.1 Å². The van der Waals surface area contributed by atoms with Crippen LogP contribution >= 0.6 is 11.6 Å². The highest BCUT2D eigenvalue weighted by atomic mass is 35.5. The van der Waals surface area contributed by atoms with Crippen LogP contribution in [-0.2, 0) is 10.2 Å². The molecule has 2 aliphatic heterocycles. The Morgan fingerprint density at radius 1 is 1.14 bits per heavy atom. The fourth-order valence-electron chi connectivity index (χ4n) is 4.09. The molecule has 0 N–H and O–H groups in total. The lowest BCUT2D eigenvalue weighted by Crippen LogP contribution is -2.42. The molecular formula is C20H26ClN5O2S. The number of hydrogen-bond donors (Lipinski definition) is 0. The maximum absolute atomic E-state index is 13.3. The number of aromatic nitrogens is 2. The molecule has 0 saturated carbocycles. The van der Waals surface area contributed by atoms with E-state index in [4.69, 9.17) is 16.6 Å². The molecule has 0 radical (unpaired) electrons. The highest BCUT2D eigenvalue weighted by Crippen LogP contribution is 2.40. The molecule has 0 aliphatic carbocycles. The van der Waals surface area contributed by atoms with Gasteiger partial charge >= 0.3 is 0 Å². The van der Waals surface area contributed by atoms with Gasteiger partial charge in [0.05, 0.1) is 11.7 Å². The third kappa shape index (κ3) is 3.99. The summed E-state index contributed by atoms with van der Waals surface area (Å²) in [4.78, 5) is 11.1. The molecule has 1 aromatic carbocycles. The van der Waals surface area contributed by atoms with E-state index in [0.717, 1.165) is 42.5 Å². The highest BCUT2D eigenvalue weighted by Gasteiger charge is 2.41. The number of rotatable bonds is 5. The lowest BCUT2D eigenvalue weighted by atomic mass is 10.0. The fraction of sp³-hybridized carbons (Fsp3) is 0.500. The lowest BCUT2D eigenvalue weighted by Gasteiger charge is -2.29. The van der Waals surface area contributed by atoms with Crippen LogP contribution in [0.5, 0.6) is 0 Å². The first-order chi connectivity index (χ1) is 13.9. The Hall–Kier alpha value is -1.74. The van der Waals surface area contributed by atoms with Gasteiger partial charge in [-0.05, 0) is 43.4 Å². The van der Waals surface area contributed by atoms with Crippen LogP contribution < -0.4 is 4.90 Å². The minimum Gasteiger partial charge on any atom is -0.347 e. The molecule has 1 atom stereocenters. The van der Waals surface area contributed by atoms with Gasteiger partial charge in [0.2, 0.25) is 5.95 Å². The smallest absolute Gasteiger partial charge is 0.282 e. The molecule has 2 aromatic rings. The van der Waals surface area contributed by atoms with E-state index in [-0.39, 0.29) is 6.04 Å². The van der Waals surface area contributed by atoms with E-state index in [2.05, 4.69) is 4.98 Å². The monoisotopic (exact) mass is 435 g/mol. The van der Waals surface area contributed by atoms with Gasteiger partial charge in [0.15, 0.2) is 0 Å². The Balaban J connectivity index is 1.80. The van der Waals surface area contributed by atoms with Gasteiger partial charge in [0, 0.05) is 50.5 Å². The third-order valence-corrected chi connectivity index (χ3v) is 7.83. The first-order valence-corrected chi connectivity index (χ1v) is 11.7. The first-order valence-electron chi connectivity index (χ1n) is 9.95.